The van der Waals surface area contributed by atoms with E-state index in [9.17, 15) is 0 Å². The summed E-state index contributed by atoms with van der Waals surface area (Å²) in [6, 6.07) is 15.5. The molecule has 0 unspecified atom stereocenters. The number of hydrogen-bond acceptors (Lipinski definition) is 3. The topological polar surface area (TPSA) is 42.7 Å². The van der Waals surface area contributed by atoms with Gasteiger partial charge in [-0.3, -0.25) is 0 Å². The predicted octanol–water partition coefficient (Wildman–Crippen LogP) is 4.80. The van der Waals surface area contributed by atoms with Gasteiger partial charge in [0.05, 0.1) is 12.1 Å². The molecule has 0 aliphatic carbocycles. The zero-order chi connectivity index (χ0) is 16.7. The van der Waals surface area contributed by atoms with Crippen LogP contribution in [0.5, 0.6) is 0 Å². The predicted molar refractivity (Wildman–Crippen MR) is 99.2 cm³/mol. The molecule has 1 aromatic heterocycles. The second-order valence-corrected chi connectivity index (χ2v) is 7.29. The third kappa shape index (κ3) is 2.73. The van der Waals surface area contributed by atoms with Crippen LogP contribution in [0.25, 0.3) is 0 Å². The van der Waals surface area contributed by atoms with Crippen LogP contribution in [0, 0.1) is 13.8 Å². The minimum atomic E-state index is 0.174. The number of halogens is 1. The van der Waals surface area contributed by atoms with E-state index in [1.165, 1.54) is 22.3 Å². The van der Waals surface area contributed by atoms with Gasteiger partial charge in [-0.25, -0.2) is 4.68 Å². The largest absolute Gasteiger partial charge is 0.348 e. The van der Waals surface area contributed by atoms with Crippen LogP contribution in [0.2, 0.25) is 0 Å². The van der Waals surface area contributed by atoms with Crippen molar-refractivity contribution in [2.24, 2.45) is 0 Å². The molecule has 2 atom stereocenters. The van der Waals surface area contributed by atoms with Crippen molar-refractivity contribution >= 4 is 21.9 Å². The van der Waals surface area contributed by atoms with Crippen molar-refractivity contribution in [2.75, 3.05) is 5.32 Å². The number of aromatic nitrogens is 3. The molecule has 0 bridgehead atoms. The summed E-state index contributed by atoms with van der Waals surface area (Å²) in [6.45, 7) is 4.31. The fourth-order valence-electron chi connectivity index (χ4n) is 3.31. The maximum absolute atomic E-state index is 4.43. The minimum Gasteiger partial charge on any atom is -0.348 e. The molecular formula is C19H19BrN4. The van der Waals surface area contributed by atoms with Crippen molar-refractivity contribution in [2.45, 2.75) is 32.4 Å². The average Bonchev–Trinajstić information content (AvgIpc) is 3.05. The summed E-state index contributed by atoms with van der Waals surface area (Å²) in [5.74, 6) is 0.828. The molecule has 3 aromatic rings. The smallest absolute Gasteiger partial charge is 0.222 e. The van der Waals surface area contributed by atoms with Crippen LogP contribution >= 0.6 is 15.9 Å². The van der Waals surface area contributed by atoms with Gasteiger partial charge in [0.25, 0.3) is 0 Å². The Hall–Kier alpha value is -2.14. The third-order valence-electron chi connectivity index (χ3n) is 4.80. The number of nitrogens with one attached hydrogen (secondary N) is 1. The van der Waals surface area contributed by atoms with Crippen LogP contribution in [0.1, 0.15) is 40.8 Å². The summed E-state index contributed by atoms with van der Waals surface area (Å²) in [4.78, 5) is 4.40. The van der Waals surface area contributed by atoms with E-state index in [1.54, 1.807) is 6.33 Å². The summed E-state index contributed by atoms with van der Waals surface area (Å²) in [6.07, 6.45) is 2.56. The van der Waals surface area contributed by atoms with Crippen molar-refractivity contribution in [3.63, 3.8) is 0 Å². The van der Waals surface area contributed by atoms with Gasteiger partial charge in [0.2, 0.25) is 5.95 Å². The second kappa shape index (κ2) is 6.06. The van der Waals surface area contributed by atoms with E-state index in [1.807, 2.05) is 10.7 Å². The Labute approximate surface area is 150 Å². The molecule has 4 rings (SSSR count). The van der Waals surface area contributed by atoms with Gasteiger partial charge in [-0.2, -0.15) is 10.1 Å². The van der Waals surface area contributed by atoms with Gasteiger partial charge in [0.1, 0.15) is 6.33 Å². The van der Waals surface area contributed by atoms with E-state index in [0.717, 1.165) is 16.8 Å². The fourth-order valence-corrected chi connectivity index (χ4v) is 3.73. The zero-order valence-electron chi connectivity index (χ0n) is 13.7. The van der Waals surface area contributed by atoms with Crippen molar-refractivity contribution in [3.8, 4) is 0 Å². The first-order chi connectivity index (χ1) is 11.6. The van der Waals surface area contributed by atoms with Gasteiger partial charge in [-0.15, -0.1) is 0 Å². The van der Waals surface area contributed by atoms with Gasteiger partial charge in [0, 0.05) is 4.47 Å². The maximum atomic E-state index is 4.43. The summed E-state index contributed by atoms with van der Waals surface area (Å²) < 4.78 is 3.07. The standard InChI is InChI=1S/C19H19BrN4/c1-12-6-7-14(8-13(12)2)17-10-18(15-4-3-5-16(20)9-15)24-19(23-17)21-11-22-24/h3-9,11,17-18H,10H2,1-2H3,(H,21,22,23)/t17-,18-/m1/s1. The van der Waals surface area contributed by atoms with E-state index in [2.05, 4.69) is 81.6 Å². The van der Waals surface area contributed by atoms with Crippen LogP contribution in [-0.4, -0.2) is 14.8 Å². The molecule has 0 saturated heterocycles. The molecule has 1 aliphatic heterocycles. The molecule has 2 aromatic carbocycles. The average molecular weight is 383 g/mol. The highest BCUT2D eigenvalue weighted by atomic mass is 79.9. The van der Waals surface area contributed by atoms with Crippen LogP contribution in [0.4, 0.5) is 5.95 Å². The summed E-state index contributed by atoms with van der Waals surface area (Å²) in [7, 11) is 0. The molecule has 1 aliphatic rings. The van der Waals surface area contributed by atoms with E-state index in [-0.39, 0.29) is 12.1 Å². The highest BCUT2D eigenvalue weighted by molar-refractivity contribution is 9.10. The lowest BCUT2D eigenvalue weighted by Crippen LogP contribution is -2.28. The van der Waals surface area contributed by atoms with Gasteiger partial charge in [-0.05, 0) is 54.7 Å². The quantitative estimate of drug-likeness (QED) is 0.691. The maximum Gasteiger partial charge on any atom is 0.222 e. The Balaban J connectivity index is 1.74. The van der Waals surface area contributed by atoms with Crippen LogP contribution in [-0.2, 0) is 0 Å². The normalized spacial score (nSPS) is 19.6. The van der Waals surface area contributed by atoms with Gasteiger partial charge in [-0.1, -0.05) is 46.3 Å². The molecule has 0 fully saturated rings. The molecular weight excluding hydrogens is 364 g/mol. The van der Waals surface area contributed by atoms with E-state index >= 15 is 0 Å². The van der Waals surface area contributed by atoms with Crippen LogP contribution < -0.4 is 5.32 Å². The Morgan fingerprint density at radius 2 is 1.96 bits per heavy atom. The highest BCUT2D eigenvalue weighted by Crippen LogP contribution is 2.38. The SMILES string of the molecule is Cc1ccc([C@H]2C[C@H](c3cccc(Br)c3)n3ncnc3N2)cc1C. The first-order valence-electron chi connectivity index (χ1n) is 8.10. The number of anilines is 1. The number of hydrogen-bond donors (Lipinski definition) is 1. The highest BCUT2D eigenvalue weighted by Gasteiger charge is 2.30. The van der Waals surface area contributed by atoms with Gasteiger partial charge < -0.3 is 5.32 Å². The molecule has 4 nitrogen and oxygen atoms in total. The first kappa shape index (κ1) is 15.4. The first-order valence-corrected chi connectivity index (χ1v) is 8.90. The monoisotopic (exact) mass is 382 g/mol. The number of benzene rings is 2. The number of fused-ring (bicyclic) bond motifs is 1. The Morgan fingerprint density at radius 3 is 2.75 bits per heavy atom. The van der Waals surface area contributed by atoms with Gasteiger partial charge in [0.15, 0.2) is 0 Å². The van der Waals surface area contributed by atoms with Crippen molar-refractivity contribution in [1.29, 1.82) is 0 Å². The van der Waals surface area contributed by atoms with Crippen LogP contribution in [0.15, 0.2) is 53.3 Å². The molecule has 122 valence electrons. The summed E-state index contributed by atoms with van der Waals surface area (Å²) >= 11 is 3.58. The van der Waals surface area contributed by atoms with Crippen molar-refractivity contribution < 1.29 is 0 Å². The molecule has 0 spiro atoms. The van der Waals surface area contributed by atoms with Gasteiger partial charge >= 0.3 is 0 Å². The molecule has 0 saturated carbocycles. The Kier molecular flexibility index (Phi) is 3.88. The lowest BCUT2D eigenvalue weighted by molar-refractivity contribution is 0.430. The summed E-state index contributed by atoms with van der Waals surface area (Å²) in [5.41, 5.74) is 5.18. The fraction of sp³-hybridized carbons (Fsp3) is 0.263. The Morgan fingerprint density at radius 1 is 1.08 bits per heavy atom. The lowest BCUT2D eigenvalue weighted by atomic mass is 9.92. The zero-order valence-corrected chi connectivity index (χ0v) is 15.3. The third-order valence-corrected chi connectivity index (χ3v) is 5.29. The molecule has 5 heteroatoms. The van der Waals surface area contributed by atoms with Crippen molar-refractivity contribution in [3.05, 3.63) is 75.5 Å². The molecule has 2 heterocycles. The van der Waals surface area contributed by atoms with Crippen molar-refractivity contribution in [1.82, 2.24) is 14.8 Å². The number of aryl methyl sites for hydroxylation is 2. The van der Waals surface area contributed by atoms with E-state index < -0.39 is 0 Å². The molecule has 24 heavy (non-hydrogen) atoms. The summed E-state index contributed by atoms with van der Waals surface area (Å²) in [5, 5.41) is 7.96. The molecule has 0 radical (unpaired) electrons. The number of rotatable bonds is 2. The molecule has 0 amide bonds. The second-order valence-electron chi connectivity index (χ2n) is 6.38. The molecule has 1 N–H and O–H groups in total. The minimum absolute atomic E-state index is 0.174. The van der Waals surface area contributed by atoms with E-state index in [0.29, 0.717) is 0 Å². The Bertz CT molecular complexity index is 887. The van der Waals surface area contributed by atoms with E-state index in [4.69, 9.17) is 0 Å². The van der Waals surface area contributed by atoms with Crippen LogP contribution in [0.3, 0.4) is 0 Å². The number of nitrogens with zero attached hydrogens (tertiary/aromatic N) is 3. The lowest BCUT2D eigenvalue weighted by Gasteiger charge is -2.32.